The Kier molecular flexibility index (Phi) is 3.54. The molecule has 1 N–H and O–H groups in total. The van der Waals surface area contributed by atoms with Gasteiger partial charge in [0.1, 0.15) is 11.6 Å². The normalized spacial score (nSPS) is 25.7. The molecule has 3 heteroatoms. The van der Waals surface area contributed by atoms with Crippen LogP contribution >= 0.6 is 0 Å². The fourth-order valence-electron chi connectivity index (χ4n) is 2.35. The van der Waals surface area contributed by atoms with E-state index >= 15 is 0 Å². The third kappa shape index (κ3) is 2.59. The maximum atomic E-state index is 13.4. The van der Waals surface area contributed by atoms with Crippen LogP contribution in [0.5, 0.6) is 0 Å². The average molecular weight is 225 g/mol. The second-order valence-corrected chi connectivity index (χ2v) is 4.68. The van der Waals surface area contributed by atoms with E-state index in [4.69, 9.17) is 0 Å². The van der Waals surface area contributed by atoms with Gasteiger partial charge in [0, 0.05) is 11.6 Å². The average Bonchev–Trinajstić information content (AvgIpc) is 2.24. The van der Waals surface area contributed by atoms with Gasteiger partial charge in [-0.3, -0.25) is 0 Å². The Labute approximate surface area is 94.9 Å². The van der Waals surface area contributed by atoms with Crippen molar-refractivity contribution in [3.8, 4) is 0 Å². The molecular formula is C13H17F2N. The molecular weight excluding hydrogens is 208 g/mol. The van der Waals surface area contributed by atoms with Crippen molar-refractivity contribution in [2.45, 2.75) is 32.2 Å². The fourth-order valence-corrected chi connectivity index (χ4v) is 2.35. The first-order valence-electron chi connectivity index (χ1n) is 5.83. The van der Waals surface area contributed by atoms with Crippen LogP contribution < -0.4 is 5.32 Å². The lowest BCUT2D eigenvalue weighted by Gasteiger charge is -2.28. The van der Waals surface area contributed by atoms with Gasteiger partial charge in [-0.05, 0) is 43.9 Å². The molecule has 1 saturated heterocycles. The Morgan fingerprint density at radius 1 is 1.31 bits per heavy atom. The van der Waals surface area contributed by atoms with Gasteiger partial charge in [0.05, 0.1) is 0 Å². The second kappa shape index (κ2) is 4.91. The van der Waals surface area contributed by atoms with Gasteiger partial charge >= 0.3 is 0 Å². The van der Waals surface area contributed by atoms with Gasteiger partial charge in [-0.15, -0.1) is 0 Å². The lowest BCUT2D eigenvalue weighted by Crippen LogP contribution is -2.39. The van der Waals surface area contributed by atoms with Crippen molar-refractivity contribution < 1.29 is 8.78 Å². The number of hydrogen-bond donors (Lipinski definition) is 1. The molecule has 1 aromatic rings. The molecule has 2 atom stereocenters. The van der Waals surface area contributed by atoms with Crippen molar-refractivity contribution in [2.75, 3.05) is 6.54 Å². The van der Waals surface area contributed by atoms with Gasteiger partial charge < -0.3 is 5.32 Å². The molecule has 1 nitrogen and oxygen atoms in total. The van der Waals surface area contributed by atoms with Gasteiger partial charge in [-0.1, -0.05) is 13.0 Å². The van der Waals surface area contributed by atoms with Crippen LogP contribution in [0.15, 0.2) is 18.2 Å². The number of benzene rings is 1. The van der Waals surface area contributed by atoms with Crippen LogP contribution in [0.3, 0.4) is 0 Å². The summed E-state index contributed by atoms with van der Waals surface area (Å²) >= 11 is 0. The summed E-state index contributed by atoms with van der Waals surface area (Å²) in [5.74, 6) is -0.221. The monoisotopic (exact) mass is 225 g/mol. The van der Waals surface area contributed by atoms with Crippen molar-refractivity contribution in [3.63, 3.8) is 0 Å². The molecule has 0 saturated carbocycles. The van der Waals surface area contributed by atoms with E-state index in [1.165, 1.54) is 18.2 Å². The summed E-state index contributed by atoms with van der Waals surface area (Å²) in [4.78, 5) is 0. The molecule has 1 aliphatic rings. The molecule has 0 radical (unpaired) electrons. The summed E-state index contributed by atoms with van der Waals surface area (Å²) in [5, 5.41) is 3.32. The molecule has 1 heterocycles. The topological polar surface area (TPSA) is 12.0 Å². The minimum Gasteiger partial charge on any atom is -0.314 e. The molecule has 2 rings (SSSR count). The zero-order chi connectivity index (χ0) is 11.5. The Morgan fingerprint density at radius 3 is 2.62 bits per heavy atom. The van der Waals surface area contributed by atoms with Crippen LogP contribution in [0.1, 0.15) is 25.3 Å². The first kappa shape index (κ1) is 11.5. The molecule has 88 valence electrons. The maximum absolute atomic E-state index is 13.4. The van der Waals surface area contributed by atoms with E-state index in [-0.39, 0.29) is 11.6 Å². The van der Waals surface area contributed by atoms with Crippen LogP contribution in [0, 0.1) is 17.6 Å². The molecule has 0 aromatic heterocycles. The highest BCUT2D eigenvalue weighted by Gasteiger charge is 2.21. The first-order valence-corrected chi connectivity index (χ1v) is 5.83. The van der Waals surface area contributed by atoms with Crippen molar-refractivity contribution >= 4 is 0 Å². The summed E-state index contributed by atoms with van der Waals surface area (Å²) in [6, 6.07) is 4.26. The van der Waals surface area contributed by atoms with Crippen LogP contribution in [0.4, 0.5) is 8.78 Å². The van der Waals surface area contributed by atoms with Crippen molar-refractivity contribution in [1.82, 2.24) is 5.32 Å². The number of piperidine rings is 1. The van der Waals surface area contributed by atoms with Crippen LogP contribution in [-0.2, 0) is 6.42 Å². The summed E-state index contributed by atoms with van der Waals surface area (Å²) in [6.07, 6.45) is 2.59. The first-order chi connectivity index (χ1) is 7.66. The SMILES string of the molecule is CC1CCNC(Cc2c(F)cccc2F)C1. The molecule has 0 spiro atoms. The predicted molar refractivity (Wildman–Crippen MR) is 60.3 cm³/mol. The zero-order valence-corrected chi connectivity index (χ0v) is 9.47. The van der Waals surface area contributed by atoms with E-state index in [0.717, 1.165) is 19.4 Å². The van der Waals surface area contributed by atoms with E-state index in [2.05, 4.69) is 12.2 Å². The highest BCUT2D eigenvalue weighted by molar-refractivity contribution is 5.20. The molecule has 1 aromatic carbocycles. The Morgan fingerprint density at radius 2 is 2.00 bits per heavy atom. The molecule has 0 amide bonds. The second-order valence-electron chi connectivity index (χ2n) is 4.68. The third-order valence-corrected chi connectivity index (χ3v) is 3.27. The van der Waals surface area contributed by atoms with Crippen molar-refractivity contribution in [3.05, 3.63) is 35.4 Å². The molecule has 2 unspecified atom stereocenters. The number of hydrogen-bond acceptors (Lipinski definition) is 1. The molecule has 0 bridgehead atoms. The Balaban J connectivity index is 2.08. The predicted octanol–water partition coefficient (Wildman–Crippen LogP) is 2.90. The largest absolute Gasteiger partial charge is 0.314 e. The standard InChI is InChI=1S/C13H17F2N/c1-9-5-6-16-10(7-9)8-11-12(14)3-2-4-13(11)15/h2-4,9-10,16H,5-8H2,1H3. The van der Waals surface area contributed by atoms with Gasteiger partial charge in [0.15, 0.2) is 0 Å². The van der Waals surface area contributed by atoms with Crippen molar-refractivity contribution in [2.24, 2.45) is 5.92 Å². The Hall–Kier alpha value is -0.960. The fraction of sp³-hybridized carbons (Fsp3) is 0.538. The van der Waals surface area contributed by atoms with Gasteiger partial charge in [0.2, 0.25) is 0 Å². The summed E-state index contributed by atoms with van der Waals surface area (Å²) in [6.45, 7) is 3.13. The molecule has 1 fully saturated rings. The number of halogens is 2. The summed E-state index contributed by atoms with van der Waals surface area (Å²) < 4.78 is 26.9. The minimum atomic E-state index is -0.431. The lowest BCUT2D eigenvalue weighted by atomic mass is 9.90. The van der Waals surface area contributed by atoms with E-state index in [1.54, 1.807) is 0 Å². The van der Waals surface area contributed by atoms with E-state index in [9.17, 15) is 8.78 Å². The molecule has 1 aliphatic heterocycles. The molecule has 0 aliphatic carbocycles. The number of rotatable bonds is 2. The quantitative estimate of drug-likeness (QED) is 0.816. The third-order valence-electron chi connectivity index (χ3n) is 3.27. The van der Waals surface area contributed by atoms with E-state index in [0.29, 0.717) is 12.3 Å². The minimum absolute atomic E-state index is 0.204. The number of nitrogens with one attached hydrogen (secondary N) is 1. The van der Waals surface area contributed by atoms with Crippen molar-refractivity contribution in [1.29, 1.82) is 0 Å². The highest BCUT2D eigenvalue weighted by atomic mass is 19.1. The lowest BCUT2D eigenvalue weighted by molar-refractivity contribution is 0.314. The van der Waals surface area contributed by atoms with E-state index in [1.807, 2.05) is 0 Å². The highest BCUT2D eigenvalue weighted by Crippen LogP contribution is 2.21. The summed E-state index contributed by atoms with van der Waals surface area (Å²) in [5.41, 5.74) is 0.217. The maximum Gasteiger partial charge on any atom is 0.129 e. The molecule has 16 heavy (non-hydrogen) atoms. The van der Waals surface area contributed by atoms with Gasteiger partial charge in [-0.25, -0.2) is 8.78 Å². The van der Waals surface area contributed by atoms with Crippen LogP contribution in [0.25, 0.3) is 0 Å². The van der Waals surface area contributed by atoms with E-state index < -0.39 is 11.6 Å². The van der Waals surface area contributed by atoms with Crippen LogP contribution in [0.2, 0.25) is 0 Å². The Bertz CT molecular complexity index is 345. The van der Waals surface area contributed by atoms with Gasteiger partial charge in [0.25, 0.3) is 0 Å². The summed E-state index contributed by atoms with van der Waals surface area (Å²) in [7, 11) is 0. The zero-order valence-electron chi connectivity index (χ0n) is 9.47. The smallest absolute Gasteiger partial charge is 0.129 e. The van der Waals surface area contributed by atoms with Crippen LogP contribution in [-0.4, -0.2) is 12.6 Å². The van der Waals surface area contributed by atoms with Gasteiger partial charge in [-0.2, -0.15) is 0 Å².